The summed E-state index contributed by atoms with van der Waals surface area (Å²) in [5.74, 6) is 0. The topological polar surface area (TPSA) is 12.9 Å². The van der Waals surface area contributed by atoms with Crippen molar-refractivity contribution in [2.75, 3.05) is 0 Å². The third kappa shape index (κ3) is 2.00. The number of hydrogen-bond donors (Lipinski definition) is 0. The van der Waals surface area contributed by atoms with Crippen LogP contribution in [0.25, 0.3) is 22.2 Å². The standard InChI is InChI=1S/C19H19N/c1-12-10-14(3)19-18(15(12)4)13(2)11-17(20-19)16-8-6-5-7-9-16/h5-11H,1-4H3. The highest BCUT2D eigenvalue weighted by molar-refractivity contribution is 5.91. The summed E-state index contributed by atoms with van der Waals surface area (Å²) in [6, 6.07) is 14.8. The lowest BCUT2D eigenvalue weighted by molar-refractivity contribution is 1.28. The molecule has 0 atom stereocenters. The van der Waals surface area contributed by atoms with Gasteiger partial charge in [-0.25, -0.2) is 4.98 Å². The molecule has 0 saturated heterocycles. The van der Waals surface area contributed by atoms with E-state index in [4.69, 9.17) is 4.98 Å². The molecule has 2 aromatic carbocycles. The van der Waals surface area contributed by atoms with E-state index in [1.54, 1.807) is 0 Å². The average Bonchev–Trinajstić information content (AvgIpc) is 2.45. The predicted molar refractivity (Wildman–Crippen MR) is 86.1 cm³/mol. The lowest BCUT2D eigenvalue weighted by Gasteiger charge is -2.13. The minimum Gasteiger partial charge on any atom is -0.247 e. The van der Waals surface area contributed by atoms with Crippen molar-refractivity contribution in [2.24, 2.45) is 0 Å². The molecule has 0 aliphatic heterocycles. The fraction of sp³-hybridized carbons (Fsp3) is 0.211. The molecule has 0 spiro atoms. The zero-order valence-corrected chi connectivity index (χ0v) is 12.5. The van der Waals surface area contributed by atoms with Crippen molar-refractivity contribution >= 4 is 10.9 Å². The van der Waals surface area contributed by atoms with E-state index in [2.05, 4.69) is 64.1 Å². The van der Waals surface area contributed by atoms with Crippen LogP contribution in [0.15, 0.2) is 42.5 Å². The molecule has 20 heavy (non-hydrogen) atoms. The van der Waals surface area contributed by atoms with Crippen molar-refractivity contribution in [2.45, 2.75) is 27.7 Å². The Balaban J connectivity index is 2.36. The fourth-order valence-corrected chi connectivity index (χ4v) is 2.89. The lowest BCUT2D eigenvalue weighted by Crippen LogP contribution is -1.95. The van der Waals surface area contributed by atoms with E-state index >= 15 is 0 Å². The van der Waals surface area contributed by atoms with Crippen LogP contribution >= 0.6 is 0 Å². The van der Waals surface area contributed by atoms with Crippen molar-refractivity contribution in [3.8, 4) is 11.3 Å². The van der Waals surface area contributed by atoms with E-state index < -0.39 is 0 Å². The first-order chi connectivity index (χ1) is 9.58. The molecule has 0 fully saturated rings. The first-order valence-corrected chi connectivity index (χ1v) is 7.01. The number of hydrogen-bond acceptors (Lipinski definition) is 1. The Morgan fingerprint density at radius 3 is 2.15 bits per heavy atom. The minimum atomic E-state index is 1.06. The molecule has 3 rings (SSSR count). The molecule has 0 aliphatic carbocycles. The second kappa shape index (κ2) is 4.75. The Morgan fingerprint density at radius 2 is 1.45 bits per heavy atom. The zero-order chi connectivity index (χ0) is 14.3. The number of pyridine rings is 1. The van der Waals surface area contributed by atoms with Crippen LogP contribution in [0, 0.1) is 27.7 Å². The highest BCUT2D eigenvalue weighted by Gasteiger charge is 2.10. The largest absolute Gasteiger partial charge is 0.247 e. The van der Waals surface area contributed by atoms with Gasteiger partial charge < -0.3 is 0 Å². The second-order valence-corrected chi connectivity index (χ2v) is 5.55. The molecule has 100 valence electrons. The zero-order valence-electron chi connectivity index (χ0n) is 12.5. The molecule has 3 aromatic rings. The van der Waals surface area contributed by atoms with Crippen LogP contribution in [-0.4, -0.2) is 4.98 Å². The maximum absolute atomic E-state index is 4.91. The van der Waals surface area contributed by atoms with Crippen molar-refractivity contribution in [3.05, 3.63) is 64.7 Å². The van der Waals surface area contributed by atoms with Gasteiger partial charge in [-0.1, -0.05) is 36.4 Å². The van der Waals surface area contributed by atoms with Crippen LogP contribution in [0.2, 0.25) is 0 Å². The summed E-state index contributed by atoms with van der Waals surface area (Å²) in [7, 11) is 0. The quantitative estimate of drug-likeness (QED) is 0.591. The first kappa shape index (κ1) is 12.9. The van der Waals surface area contributed by atoms with Crippen molar-refractivity contribution < 1.29 is 0 Å². The van der Waals surface area contributed by atoms with E-state index in [0.29, 0.717) is 0 Å². The monoisotopic (exact) mass is 261 g/mol. The normalized spacial score (nSPS) is 11.0. The highest BCUT2D eigenvalue weighted by Crippen LogP contribution is 2.30. The Bertz CT molecular complexity index is 786. The van der Waals surface area contributed by atoms with Crippen molar-refractivity contribution in [1.29, 1.82) is 0 Å². The SMILES string of the molecule is Cc1cc(C)c2nc(-c3ccccc3)cc(C)c2c1C. The third-order valence-corrected chi connectivity index (χ3v) is 4.06. The van der Waals surface area contributed by atoms with Gasteiger partial charge in [0.25, 0.3) is 0 Å². The smallest absolute Gasteiger partial charge is 0.0744 e. The average molecular weight is 261 g/mol. The van der Waals surface area contributed by atoms with Gasteiger partial charge in [0.05, 0.1) is 11.2 Å². The second-order valence-electron chi connectivity index (χ2n) is 5.55. The molecule has 1 nitrogen and oxygen atoms in total. The molecule has 0 saturated carbocycles. The maximum Gasteiger partial charge on any atom is 0.0744 e. The molecule has 0 bridgehead atoms. The van der Waals surface area contributed by atoms with E-state index in [1.165, 1.54) is 33.2 Å². The molecular formula is C19H19N. The van der Waals surface area contributed by atoms with Gasteiger partial charge in [-0.3, -0.25) is 0 Å². The molecular weight excluding hydrogens is 242 g/mol. The molecule has 0 radical (unpaired) electrons. The predicted octanol–water partition coefficient (Wildman–Crippen LogP) is 5.14. The summed E-state index contributed by atoms with van der Waals surface area (Å²) >= 11 is 0. The number of aryl methyl sites for hydroxylation is 4. The van der Waals surface area contributed by atoms with Gasteiger partial charge in [0.2, 0.25) is 0 Å². The maximum atomic E-state index is 4.91. The van der Waals surface area contributed by atoms with Crippen LogP contribution < -0.4 is 0 Å². The molecule has 0 amide bonds. The number of rotatable bonds is 1. The first-order valence-electron chi connectivity index (χ1n) is 7.01. The van der Waals surface area contributed by atoms with Gasteiger partial charge >= 0.3 is 0 Å². The number of nitrogens with zero attached hydrogens (tertiary/aromatic N) is 1. The van der Waals surface area contributed by atoms with E-state index in [9.17, 15) is 0 Å². The molecule has 0 N–H and O–H groups in total. The Labute approximate surface area is 120 Å². The van der Waals surface area contributed by atoms with Gasteiger partial charge in [-0.05, 0) is 56.0 Å². The van der Waals surface area contributed by atoms with Crippen molar-refractivity contribution in [3.63, 3.8) is 0 Å². The van der Waals surface area contributed by atoms with E-state index in [1.807, 2.05) is 6.07 Å². The van der Waals surface area contributed by atoms with Crippen LogP contribution in [0.1, 0.15) is 22.3 Å². The third-order valence-electron chi connectivity index (χ3n) is 4.06. The lowest BCUT2D eigenvalue weighted by atomic mass is 9.96. The summed E-state index contributed by atoms with van der Waals surface area (Å²) in [4.78, 5) is 4.91. The fourth-order valence-electron chi connectivity index (χ4n) is 2.89. The Kier molecular flexibility index (Phi) is 3.06. The van der Waals surface area contributed by atoms with Crippen molar-refractivity contribution in [1.82, 2.24) is 4.98 Å². The van der Waals surface area contributed by atoms with Crippen LogP contribution in [0.5, 0.6) is 0 Å². The Hall–Kier alpha value is -2.15. The van der Waals surface area contributed by atoms with Gasteiger partial charge in [-0.15, -0.1) is 0 Å². The minimum absolute atomic E-state index is 1.06. The number of benzene rings is 2. The molecule has 1 heteroatoms. The van der Waals surface area contributed by atoms with Crippen LogP contribution in [-0.2, 0) is 0 Å². The summed E-state index contributed by atoms with van der Waals surface area (Å²) in [5, 5.41) is 1.31. The van der Waals surface area contributed by atoms with E-state index in [0.717, 1.165) is 11.2 Å². The molecule has 0 aliphatic rings. The van der Waals surface area contributed by atoms with Gasteiger partial charge in [0.15, 0.2) is 0 Å². The van der Waals surface area contributed by atoms with E-state index in [-0.39, 0.29) is 0 Å². The summed E-state index contributed by atoms with van der Waals surface area (Å²) in [6.45, 7) is 8.69. The van der Waals surface area contributed by atoms with Gasteiger partial charge in [-0.2, -0.15) is 0 Å². The van der Waals surface area contributed by atoms with Crippen LogP contribution in [0.3, 0.4) is 0 Å². The van der Waals surface area contributed by atoms with Gasteiger partial charge in [0.1, 0.15) is 0 Å². The molecule has 1 heterocycles. The van der Waals surface area contributed by atoms with Crippen LogP contribution in [0.4, 0.5) is 0 Å². The summed E-state index contributed by atoms with van der Waals surface area (Å²) in [5.41, 5.74) is 8.61. The van der Waals surface area contributed by atoms with Gasteiger partial charge in [0, 0.05) is 10.9 Å². The summed E-state index contributed by atoms with van der Waals surface area (Å²) < 4.78 is 0. The highest BCUT2D eigenvalue weighted by atomic mass is 14.7. The summed E-state index contributed by atoms with van der Waals surface area (Å²) in [6.07, 6.45) is 0. The number of aromatic nitrogens is 1. The molecule has 0 unspecified atom stereocenters. The number of fused-ring (bicyclic) bond motifs is 1. The molecule has 1 aromatic heterocycles. The Morgan fingerprint density at radius 1 is 0.750 bits per heavy atom.